The van der Waals surface area contributed by atoms with Gasteiger partial charge in [0.15, 0.2) is 0 Å². The number of hydrogen-bond donors (Lipinski definition) is 2. The van der Waals surface area contributed by atoms with E-state index in [1.54, 1.807) is 7.11 Å². The summed E-state index contributed by atoms with van der Waals surface area (Å²) in [4.78, 5) is 12.5. The van der Waals surface area contributed by atoms with Crippen LogP contribution in [0.25, 0.3) is 0 Å². The van der Waals surface area contributed by atoms with Crippen molar-refractivity contribution in [3.63, 3.8) is 0 Å². The van der Waals surface area contributed by atoms with Gasteiger partial charge in [-0.15, -0.1) is 0 Å². The predicted molar refractivity (Wildman–Crippen MR) is 88.5 cm³/mol. The van der Waals surface area contributed by atoms with Crippen LogP contribution in [0.2, 0.25) is 0 Å². The number of methoxy groups -OCH3 is 1. The molecule has 0 saturated carbocycles. The maximum Gasteiger partial charge on any atom is 0.221 e. The maximum atomic E-state index is 12.5. The summed E-state index contributed by atoms with van der Waals surface area (Å²) in [5.74, 6) is 0.753. The molecule has 4 nitrogen and oxygen atoms in total. The summed E-state index contributed by atoms with van der Waals surface area (Å²) in [6.07, 6.45) is 1.43. The van der Waals surface area contributed by atoms with Gasteiger partial charge < -0.3 is 15.2 Å². The number of amides is 1. The summed E-state index contributed by atoms with van der Waals surface area (Å²) < 4.78 is 5.26. The molecule has 0 heterocycles. The lowest BCUT2D eigenvalue weighted by Crippen LogP contribution is -2.52. The van der Waals surface area contributed by atoms with E-state index < -0.39 is 5.54 Å². The van der Waals surface area contributed by atoms with E-state index >= 15 is 0 Å². The molecule has 0 aliphatic heterocycles. The first-order valence-electron chi connectivity index (χ1n) is 7.95. The monoisotopic (exact) mass is 307 g/mol. The predicted octanol–water partition coefficient (Wildman–Crippen LogP) is 2.71. The minimum absolute atomic E-state index is 0.0458. The minimum atomic E-state index is -0.887. The van der Waals surface area contributed by atoms with E-state index in [1.807, 2.05) is 30.3 Å². The van der Waals surface area contributed by atoms with Crippen LogP contribution in [0.4, 0.5) is 0 Å². The third kappa shape index (κ3) is 4.82. The molecule has 0 aliphatic carbocycles. The Morgan fingerprint density at radius 3 is 2.41 bits per heavy atom. The van der Waals surface area contributed by atoms with Crippen LogP contribution in [-0.4, -0.2) is 31.3 Å². The average Bonchev–Trinajstić information content (AvgIpc) is 2.52. The fraction of sp³-hybridized carbons (Fsp3) is 0.611. The van der Waals surface area contributed by atoms with Crippen molar-refractivity contribution in [2.75, 3.05) is 20.3 Å². The van der Waals surface area contributed by atoms with Crippen molar-refractivity contribution in [3.8, 4) is 0 Å². The van der Waals surface area contributed by atoms with Crippen molar-refractivity contribution >= 4 is 5.91 Å². The molecule has 0 spiro atoms. The van der Waals surface area contributed by atoms with Crippen LogP contribution < -0.4 is 5.32 Å². The first kappa shape index (κ1) is 18.7. The van der Waals surface area contributed by atoms with Crippen molar-refractivity contribution in [1.29, 1.82) is 0 Å². The molecule has 0 aliphatic rings. The zero-order valence-electron chi connectivity index (χ0n) is 14.1. The molecule has 1 aromatic rings. The Balaban J connectivity index is 2.92. The highest BCUT2D eigenvalue weighted by molar-refractivity contribution is 5.77. The SMILES string of the molecule is CC[C@H](CC(=O)NC(CO)(COC)c1ccccc1)C(C)C. The van der Waals surface area contributed by atoms with Gasteiger partial charge in [-0.05, 0) is 17.4 Å². The molecular weight excluding hydrogens is 278 g/mol. The van der Waals surface area contributed by atoms with E-state index in [9.17, 15) is 9.90 Å². The highest BCUT2D eigenvalue weighted by Gasteiger charge is 2.34. The van der Waals surface area contributed by atoms with Crippen molar-refractivity contribution in [2.24, 2.45) is 11.8 Å². The second kappa shape index (κ2) is 8.91. The molecule has 22 heavy (non-hydrogen) atoms. The Morgan fingerprint density at radius 1 is 1.32 bits per heavy atom. The third-order valence-electron chi connectivity index (χ3n) is 4.28. The summed E-state index contributed by atoms with van der Waals surface area (Å²) >= 11 is 0. The molecule has 1 rings (SSSR count). The first-order valence-corrected chi connectivity index (χ1v) is 7.95. The molecule has 0 bridgehead atoms. The van der Waals surface area contributed by atoms with Gasteiger partial charge in [0, 0.05) is 13.5 Å². The van der Waals surface area contributed by atoms with Crippen LogP contribution in [0.5, 0.6) is 0 Å². The summed E-state index contributed by atoms with van der Waals surface area (Å²) in [5.41, 5.74) is -0.0344. The van der Waals surface area contributed by atoms with Gasteiger partial charge in [0.25, 0.3) is 0 Å². The van der Waals surface area contributed by atoms with Crippen molar-refractivity contribution < 1.29 is 14.6 Å². The molecule has 1 aromatic carbocycles. The molecule has 0 radical (unpaired) electrons. The Labute approximate surface area is 133 Å². The van der Waals surface area contributed by atoms with Crippen molar-refractivity contribution in [1.82, 2.24) is 5.32 Å². The number of ether oxygens (including phenoxy) is 1. The molecule has 0 aromatic heterocycles. The fourth-order valence-electron chi connectivity index (χ4n) is 2.78. The number of hydrogen-bond acceptors (Lipinski definition) is 3. The van der Waals surface area contributed by atoms with E-state index in [-0.39, 0.29) is 19.1 Å². The van der Waals surface area contributed by atoms with E-state index in [1.165, 1.54) is 0 Å². The second-order valence-electron chi connectivity index (χ2n) is 6.20. The molecule has 2 N–H and O–H groups in total. The Morgan fingerprint density at radius 2 is 1.95 bits per heavy atom. The number of carbonyl (C=O) groups excluding carboxylic acids is 1. The molecule has 1 amide bonds. The standard InChI is InChI=1S/C18H29NO3/c1-5-15(14(2)3)11-17(21)19-18(12-20,13-22-4)16-9-7-6-8-10-16/h6-10,14-15,20H,5,11-13H2,1-4H3,(H,19,21)/t15-,18?/m1/s1. The summed E-state index contributed by atoms with van der Waals surface area (Å²) in [5, 5.41) is 12.9. The van der Waals surface area contributed by atoms with Gasteiger partial charge in [-0.1, -0.05) is 57.5 Å². The van der Waals surface area contributed by atoms with Crippen LogP contribution in [0.1, 0.15) is 39.2 Å². The smallest absolute Gasteiger partial charge is 0.221 e. The lowest BCUT2D eigenvalue weighted by molar-refractivity contribution is -0.126. The highest BCUT2D eigenvalue weighted by Crippen LogP contribution is 2.24. The quantitative estimate of drug-likeness (QED) is 0.737. The third-order valence-corrected chi connectivity index (χ3v) is 4.28. The second-order valence-corrected chi connectivity index (χ2v) is 6.20. The van der Waals surface area contributed by atoms with Gasteiger partial charge in [0.1, 0.15) is 5.54 Å². The topological polar surface area (TPSA) is 58.6 Å². The number of nitrogens with one attached hydrogen (secondary N) is 1. The van der Waals surface area contributed by atoms with Crippen LogP contribution in [0.15, 0.2) is 30.3 Å². The number of aliphatic hydroxyl groups is 1. The number of rotatable bonds is 9. The lowest BCUT2D eigenvalue weighted by atomic mass is 9.88. The van der Waals surface area contributed by atoms with Gasteiger partial charge in [-0.3, -0.25) is 4.79 Å². The normalized spacial score (nSPS) is 15.4. The molecule has 124 valence electrons. The fourth-order valence-corrected chi connectivity index (χ4v) is 2.78. The zero-order chi connectivity index (χ0) is 16.6. The van der Waals surface area contributed by atoms with Gasteiger partial charge in [0.2, 0.25) is 5.91 Å². The first-order chi connectivity index (χ1) is 10.5. The maximum absolute atomic E-state index is 12.5. The molecule has 0 saturated heterocycles. The highest BCUT2D eigenvalue weighted by atomic mass is 16.5. The molecule has 0 fully saturated rings. The largest absolute Gasteiger partial charge is 0.393 e. The van der Waals surface area contributed by atoms with Crippen LogP contribution in [0.3, 0.4) is 0 Å². The van der Waals surface area contributed by atoms with Crippen LogP contribution in [-0.2, 0) is 15.1 Å². The van der Waals surface area contributed by atoms with Gasteiger partial charge in [-0.2, -0.15) is 0 Å². The van der Waals surface area contributed by atoms with E-state index in [0.29, 0.717) is 18.3 Å². The van der Waals surface area contributed by atoms with Gasteiger partial charge in [0.05, 0.1) is 13.2 Å². The Hall–Kier alpha value is -1.39. The Kier molecular flexibility index (Phi) is 7.56. The van der Waals surface area contributed by atoms with Gasteiger partial charge >= 0.3 is 0 Å². The zero-order valence-corrected chi connectivity index (χ0v) is 14.1. The van der Waals surface area contributed by atoms with Gasteiger partial charge in [-0.25, -0.2) is 0 Å². The van der Waals surface area contributed by atoms with Crippen molar-refractivity contribution in [2.45, 2.75) is 39.2 Å². The average molecular weight is 307 g/mol. The number of carbonyl (C=O) groups is 1. The number of benzene rings is 1. The molecular formula is C18H29NO3. The summed E-state index contributed by atoms with van der Waals surface area (Å²) in [6, 6.07) is 9.49. The van der Waals surface area contributed by atoms with E-state index in [2.05, 4.69) is 26.1 Å². The summed E-state index contributed by atoms with van der Waals surface area (Å²) in [6.45, 7) is 6.40. The van der Waals surface area contributed by atoms with Crippen LogP contribution in [0, 0.1) is 11.8 Å². The molecule has 4 heteroatoms. The molecule has 2 atom stereocenters. The summed E-state index contributed by atoms with van der Waals surface area (Å²) in [7, 11) is 1.57. The Bertz CT molecular complexity index is 447. The van der Waals surface area contributed by atoms with Crippen LogP contribution >= 0.6 is 0 Å². The van der Waals surface area contributed by atoms with E-state index in [4.69, 9.17) is 4.74 Å². The number of aliphatic hydroxyl groups excluding tert-OH is 1. The van der Waals surface area contributed by atoms with Crippen molar-refractivity contribution in [3.05, 3.63) is 35.9 Å². The lowest BCUT2D eigenvalue weighted by Gasteiger charge is -2.33. The van der Waals surface area contributed by atoms with E-state index in [0.717, 1.165) is 12.0 Å². The molecule has 1 unspecified atom stereocenters. The minimum Gasteiger partial charge on any atom is -0.393 e.